The highest BCUT2D eigenvalue weighted by atomic mass is 32.1. The Morgan fingerprint density at radius 2 is 2.04 bits per heavy atom. The Labute approximate surface area is 170 Å². The average molecular weight is 398 g/mol. The fourth-order valence-electron chi connectivity index (χ4n) is 4.29. The quantitative estimate of drug-likeness (QED) is 0.782. The van der Waals surface area contributed by atoms with Crippen LogP contribution in [0.5, 0.6) is 0 Å². The predicted octanol–water partition coefficient (Wildman–Crippen LogP) is 3.68. The average Bonchev–Trinajstić information content (AvgIpc) is 3.28. The summed E-state index contributed by atoms with van der Waals surface area (Å²) in [6, 6.07) is 12.1. The molecule has 2 unspecified atom stereocenters. The summed E-state index contributed by atoms with van der Waals surface area (Å²) >= 11 is 1.73. The van der Waals surface area contributed by atoms with Crippen molar-refractivity contribution in [3.05, 3.63) is 52.2 Å². The Hall–Kier alpha value is -2.18. The van der Waals surface area contributed by atoms with E-state index in [1.807, 2.05) is 30.3 Å². The molecule has 2 bridgehead atoms. The third-order valence-corrected chi connectivity index (χ3v) is 6.63. The van der Waals surface area contributed by atoms with Gasteiger partial charge in [-0.25, -0.2) is 0 Å². The Balaban J connectivity index is 1.36. The van der Waals surface area contributed by atoms with Gasteiger partial charge in [-0.3, -0.25) is 9.59 Å². The van der Waals surface area contributed by atoms with Crippen LogP contribution in [0.25, 0.3) is 0 Å². The number of anilines is 1. The van der Waals surface area contributed by atoms with Crippen molar-refractivity contribution in [1.82, 2.24) is 10.2 Å². The Morgan fingerprint density at radius 1 is 1.14 bits per heavy atom. The van der Waals surface area contributed by atoms with Crippen LogP contribution in [0.3, 0.4) is 0 Å². The van der Waals surface area contributed by atoms with E-state index in [9.17, 15) is 9.59 Å². The summed E-state index contributed by atoms with van der Waals surface area (Å²) in [5.41, 5.74) is 1.36. The van der Waals surface area contributed by atoms with Gasteiger partial charge in [-0.2, -0.15) is 0 Å². The van der Waals surface area contributed by atoms with Gasteiger partial charge in [-0.1, -0.05) is 12.1 Å². The molecule has 2 amide bonds. The van der Waals surface area contributed by atoms with Gasteiger partial charge in [0.25, 0.3) is 5.91 Å². The van der Waals surface area contributed by atoms with Gasteiger partial charge in [-0.15, -0.1) is 11.3 Å². The smallest absolute Gasteiger partial charge is 0.254 e. The molecule has 2 aromatic rings. The van der Waals surface area contributed by atoms with Crippen molar-refractivity contribution in [3.63, 3.8) is 0 Å². The van der Waals surface area contributed by atoms with E-state index in [2.05, 4.69) is 27.0 Å². The summed E-state index contributed by atoms with van der Waals surface area (Å²) in [4.78, 5) is 28.8. The van der Waals surface area contributed by atoms with Gasteiger partial charge in [0.1, 0.15) is 0 Å². The maximum absolute atomic E-state index is 13.1. The van der Waals surface area contributed by atoms with Crippen molar-refractivity contribution < 1.29 is 9.59 Å². The number of fused-ring (bicyclic) bond motifs is 2. The van der Waals surface area contributed by atoms with E-state index in [0.29, 0.717) is 23.7 Å². The van der Waals surface area contributed by atoms with E-state index in [0.717, 1.165) is 45.2 Å². The zero-order valence-corrected chi connectivity index (χ0v) is 16.8. The second-order valence-corrected chi connectivity index (χ2v) is 8.68. The minimum Gasteiger partial charge on any atom is -0.331 e. The van der Waals surface area contributed by atoms with Gasteiger partial charge in [-0.05, 0) is 68.3 Å². The Morgan fingerprint density at radius 3 is 2.89 bits per heavy atom. The van der Waals surface area contributed by atoms with Gasteiger partial charge in [0.15, 0.2) is 0 Å². The number of hydrogen-bond acceptors (Lipinski definition) is 4. The highest BCUT2D eigenvalue weighted by Crippen LogP contribution is 2.30. The summed E-state index contributed by atoms with van der Waals surface area (Å²) in [6.45, 7) is 1.86. The molecule has 148 valence electrons. The van der Waals surface area contributed by atoms with Crippen LogP contribution in [0.2, 0.25) is 0 Å². The van der Waals surface area contributed by atoms with E-state index >= 15 is 0 Å². The van der Waals surface area contributed by atoms with Crippen LogP contribution >= 0.6 is 11.3 Å². The largest absolute Gasteiger partial charge is 0.331 e. The highest BCUT2D eigenvalue weighted by molar-refractivity contribution is 7.09. The third-order valence-electron chi connectivity index (χ3n) is 5.69. The van der Waals surface area contributed by atoms with Crippen molar-refractivity contribution in [1.29, 1.82) is 0 Å². The number of thiophene rings is 1. The molecule has 1 aromatic carbocycles. The molecule has 0 spiro atoms. The molecule has 2 fully saturated rings. The maximum Gasteiger partial charge on any atom is 0.254 e. The van der Waals surface area contributed by atoms with Gasteiger partial charge in [0.2, 0.25) is 5.91 Å². The number of hydrogen-bond donors (Lipinski definition) is 2. The van der Waals surface area contributed by atoms with E-state index < -0.39 is 0 Å². The highest BCUT2D eigenvalue weighted by Gasteiger charge is 2.38. The first-order valence-corrected chi connectivity index (χ1v) is 11.0. The molecule has 0 radical (unpaired) electrons. The molecule has 2 atom stereocenters. The van der Waals surface area contributed by atoms with Gasteiger partial charge >= 0.3 is 0 Å². The molecule has 4 rings (SSSR count). The van der Waals surface area contributed by atoms with Crippen LogP contribution in [-0.4, -0.2) is 41.9 Å². The molecule has 1 aromatic heterocycles. The third kappa shape index (κ3) is 4.45. The number of amides is 2. The molecular formula is C22H27N3O2S. The van der Waals surface area contributed by atoms with Crippen molar-refractivity contribution >= 4 is 28.8 Å². The molecule has 2 N–H and O–H groups in total. The lowest BCUT2D eigenvalue weighted by Crippen LogP contribution is -2.42. The standard InChI is InChI=1S/C22H27N3O2S/c26-21(8-2-6-20-7-3-13-28-20)24-17-5-1-4-16(14-17)22(27)25-18-9-10-19(25)15-23-12-11-18/h1,3-5,7,13-14,18-19,23H,2,6,8-12,15H2,(H,24,26). The molecule has 2 saturated heterocycles. The van der Waals surface area contributed by atoms with Crippen LogP contribution in [0.1, 0.15) is 47.3 Å². The minimum absolute atomic E-state index is 0.000182. The lowest BCUT2D eigenvalue weighted by molar-refractivity contribution is -0.116. The normalized spacial score (nSPS) is 21.4. The molecule has 2 aliphatic rings. The zero-order chi connectivity index (χ0) is 19.3. The first kappa shape index (κ1) is 19.2. The van der Waals surface area contributed by atoms with Crippen LogP contribution in [-0.2, 0) is 11.2 Å². The predicted molar refractivity (Wildman–Crippen MR) is 113 cm³/mol. The van der Waals surface area contributed by atoms with Crippen LogP contribution < -0.4 is 10.6 Å². The van der Waals surface area contributed by atoms with E-state index in [4.69, 9.17) is 0 Å². The second kappa shape index (κ2) is 8.88. The molecule has 0 saturated carbocycles. The molecule has 2 aliphatic heterocycles. The first-order chi connectivity index (χ1) is 13.7. The van der Waals surface area contributed by atoms with E-state index in [1.165, 1.54) is 4.88 Å². The molecule has 0 aliphatic carbocycles. The SMILES string of the molecule is O=C(CCCc1cccs1)Nc1cccc(C(=O)N2C3CCNCC2CC3)c1. The number of nitrogens with one attached hydrogen (secondary N) is 2. The van der Waals surface area contributed by atoms with E-state index in [1.54, 1.807) is 11.3 Å². The molecular weight excluding hydrogens is 370 g/mol. The fourth-order valence-corrected chi connectivity index (χ4v) is 5.05. The zero-order valence-electron chi connectivity index (χ0n) is 16.0. The summed E-state index contributed by atoms with van der Waals surface area (Å²) in [5, 5.41) is 8.44. The van der Waals surface area contributed by atoms with Crippen LogP contribution in [0, 0.1) is 0 Å². The first-order valence-electron chi connectivity index (χ1n) is 10.2. The van der Waals surface area contributed by atoms with Crippen molar-refractivity contribution in [2.45, 2.75) is 50.6 Å². The van der Waals surface area contributed by atoms with Gasteiger partial charge in [0.05, 0.1) is 0 Å². The molecule has 3 heterocycles. The summed E-state index contributed by atoms with van der Waals surface area (Å²) < 4.78 is 0. The lowest BCUT2D eigenvalue weighted by atomic mass is 10.1. The topological polar surface area (TPSA) is 61.4 Å². The number of carbonyl (C=O) groups is 2. The van der Waals surface area contributed by atoms with Gasteiger partial charge in [0, 0.05) is 41.2 Å². The van der Waals surface area contributed by atoms with Crippen LogP contribution in [0.15, 0.2) is 41.8 Å². The summed E-state index contributed by atoms with van der Waals surface area (Å²) in [5.74, 6) is 0.0881. The number of rotatable bonds is 6. The molecule has 6 heteroatoms. The van der Waals surface area contributed by atoms with Crippen molar-refractivity contribution in [2.24, 2.45) is 0 Å². The molecule has 28 heavy (non-hydrogen) atoms. The minimum atomic E-state index is 0.000182. The van der Waals surface area contributed by atoms with E-state index in [-0.39, 0.29) is 17.9 Å². The number of carbonyl (C=O) groups excluding carboxylic acids is 2. The Kier molecular flexibility index (Phi) is 6.07. The summed E-state index contributed by atoms with van der Waals surface area (Å²) in [7, 11) is 0. The fraction of sp³-hybridized carbons (Fsp3) is 0.455. The van der Waals surface area contributed by atoms with Crippen molar-refractivity contribution in [2.75, 3.05) is 18.4 Å². The number of nitrogens with zero attached hydrogens (tertiary/aromatic N) is 1. The second-order valence-electron chi connectivity index (χ2n) is 7.65. The number of benzene rings is 1. The van der Waals surface area contributed by atoms with Crippen LogP contribution in [0.4, 0.5) is 5.69 Å². The maximum atomic E-state index is 13.1. The van der Waals surface area contributed by atoms with Gasteiger partial charge < -0.3 is 15.5 Å². The number of aryl methyl sites for hydroxylation is 1. The lowest BCUT2D eigenvalue weighted by Gasteiger charge is -2.28. The summed E-state index contributed by atoms with van der Waals surface area (Å²) in [6.07, 6.45) is 5.42. The Bertz CT molecular complexity index is 807. The van der Waals surface area contributed by atoms with Crippen molar-refractivity contribution in [3.8, 4) is 0 Å². The molecule has 5 nitrogen and oxygen atoms in total. The monoisotopic (exact) mass is 397 g/mol.